The van der Waals surface area contributed by atoms with Gasteiger partial charge < -0.3 is 15.2 Å². The lowest BCUT2D eigenvalue weighted by molar-refractivity contribution is 0.0775. The molecule has 2 heterocycles. The fourth-order valence-electron chi connectivity index (χ4n) is 2.40. The SMILES string of the molecule is CC(C)n1cccc1C(=O)N1CCC(CN)C1. The van der Waals surface area contributed by atoms with Crippen molar-refractivity contribution in [3.63, 3.8) is 0 Å². The molecule has 0 radical (unpaired) electrons. The molecule has 4 heteroatoms. The Kier molecular flexibility index (Phi) is 3.52. The zero-order chi connectivity index (χ0) is 12.4. The predicted molar refractivity (Wildman–Crippen MR) is 67.9 cm³/mol. The van der Waals surface area contributed by atoms with E-state index in [4.69, 9.17) is 5.73 Å². The molecule has 17 heavy (non-hydrogen) atoms. The summed E-state index contributed by atoms with van der Waals surface area (Å²) in [5.41, 5.74) is 6.44. The largest absolute Gasteiger partial charge is 0.341 e. The van der Waals surface area contributed by atoms with Gasteiger partial charge >= 0.3 is 0 Å². The first kappa shape index (κ1) is 12.2. The van der Waals surface area contributed by atoms with Crippen molar-refractivity contribution in [1.29, 1.82) is 0 Å². The normalized spacial score (nSPS) is 20.2. The van der Waals surface area contributed by atoms with Crippen molar-refractivity contribution in [2.75, 3.05) is 19.6 Å². The van der Waals surface area contributed by atoms with E-state index in [1.54, 1.807) is 0 Å². The minimum absolute atomic E-state index is 0.139. The maximum atomic E-state index is 12.4. The number of nitrogens with zero attached hydrogens (tertiary/aromatic N) is 2. The van der Waals surface area contributed by atoms with Crippen LogP contribution in [0.5, 0.6) is 0 Å². The summed E-state index contributed by atoms with van der Waals surface area (Å²) in [6.45, 7) is 6.49. The number of rotatable bonds is 3. The third-order valence-corrected chi connectivity index (χ3v) is 3.46. The van der Waals surface area contributed by atoms with Gasteiger partial charge in [0.05, 0.1) is 0 Å². The van der Waals surface area contributed by atoms with E-state index in [0.29, 0.717) is 18.5 Å². The number of hydrogen-bond donors (Lipinski definition) is 1. The van der Waals surface area contributed by atoms with Crippen molar-refractivity contribution < 1.29 is 4.79 Å². The minimum atomic E-state index is 0.139. The van der Waals surface area contributed by atoms with Gasteiger partial charge in [0.15, 0.2) is 0 Å². The second-order valence-corrected chi connectivity index (χ2v) is 5.04. The molecule has 0 saturated carbocycles. The van der Waals surface area contributed by atoms with E-state index in [9.17, 15) is 4.79 Å². The Hall–Kier alpha value is -1.29. The van der Waals surface area contributed by atoms with Gasteiger partial charge in [-0.3, -0.25) is 4.79 Å². The summed E-state index contributed by atoms with van der Waals surface area (Å²) in [5.74, 6) is 0.612. The van der Waals surface area contributed by atoms with Crippen molar-refractivity contribution >= 4 is 5.91 Å². The van der Waals surface area contributed by atoms with E-state index in [2.05, 4.69) is 13.8 Å². The van der Waals surface area contributed by atoms with Crippen LogP contribution in [0.25, 0.3) is 0 Å². The Morgan fingerprint density at radius 2 is 2.35 bits per heavy atom. The Labute approximate surface area is 102 Å². The summed E-state index contributed by atoms with van der Waals surface area (Å²) in [6, 6.07) is 4.15. The molecule has 2 rings (SSSR count). The highest BCUT2D eigenvalue weighted by molar-refractivity contribution is 5.93. The Bertz CT molecular complexity index is 397. The first-order valence-electron chi connectivity index (χ1n) is 6.29. The van der Waals surface area contributed by atoms with E-state index < -0.39 is 0 Å². The average Bonchev–Trinajstić information content (AvgIpc) is 2.97. The molecule has 1 unspecified atom stereocenters. The van der Waals surface area contributed by atoms with Gasteiger partial charge in [-0.1, -0.05) is 0 Å². The molecule has 1 aromatic rings. The topological polar surface area (TPSA) is 51.3 Å². The van der Waals surface area contributed by atoms with Gasteiger partial charge in [-0.25, -0.2) is 0 Å². The Morgan fingerprint density at radius 1 is 1.59 bits per heavy atom. The first-order valence-corrected chi connectivity index (χ1v) is 6.29. The lowest BCUT2D eigenvalue weighted by Gasteiger charge is -2.19. The molecule has 1 aromatic heterocycles. The molecule has 0 bridgehead atoms. The molecule has 1 saturated heterocycles. The molecule has 4 nitrogen and oxygen atoms in total. The van der Waals surface area contributed by atoms with E-state index in [1.807, 2.05) is 27.8 Å². The smallest absolute Gasteiger partial charge is 0.270 e. The average molecular weight is 235 g/mol. The molecular formula is C13H21N3O. The molecule has 2 N–H and O–H groups in total. The molecule has 1 aliphatic rings. The van der Waals surface area contributed by atoms with Gasteiger partial charge in [-0.15, -0.1) is 0 Å². The third kappa shape index (κ3) is 2.36. The van der Waals surface area contributed by atoms with Crippen molar-refractivity contribution in [1.82, 2.24) is 9.47 Å². The van der Waals surface area contributed by atoms with Crippen LogP contribution in [0.4, 0.5) is 0 Å². The van der Waals surface area contributed by atoms with Crippen LogP contribution in [0.2, 0.25) is 0 Å². The molecule has 94 valence electrons. The summed E-state index contributed by atoms with van der Waals surface area (Å²) >= 11 is 0. The van der Waals surface area contributed by atoms with Gasteiger partial charge in [0.2, 0.25) is 0 Å². The van der Waals surface area contributed by atoms with Crippen molar-refractivity contribution in [2.24, 2.45) is 11.7 Å². The number of nitrogens with two attached hydrogens (primary N) is 1. The van der Waals surface area contributed by atoms with Crippen LogP contribution in [0, 0.1) is 5.92 Å². The van der Waals surface area contributed by atoms with E-state index >= 15 is 0 Å². The summed E-state index contributed by atoms with van der Waals surface area (Å²) in [7, 11) is 0. The monoisotopic (exact) mass is 235 g/mol. The second kappa shape index (κ2) is 4.92. The Balaban J connectivity index is 2.12. The number of aromatic nitrogens is 1. The summed E-state index contributed by atoms with van der Waals surface area (Å²) < 4.78 is 2.03. The van der Waals surface area contributed by atoms with Crippen molar-refractivity contribution in [3.05, 3.63) is 24.0 Å². The van der Waals surface area contributed by atoms with Crippen LogP contribution in [0.3, 0.4) is 0 Å². The van der Waals surface area contributed by atoms with Crippen molar-refractivity contribution in [3.8, 4) is 0 Å². The van der Waals surface area contributed by atoms with Crippen LogP contribution in [0.1, 0.15) is 36.8 Å². The number of carbonyl (C=O) groups excluding carboxylic acids is 1. The van der Waals surface area contributed by atoms with Crippen molar-refractivity contribution in [2.45, 2.75) is 26.3 Å². The van der Waals surface area contributed by atoms with Crippen LogP contribution in [0.15, 0.2) is 18.3 Å². The third-order valence-electron chi connectivity index (χ3n) is 3.46. The molecule has 0 spiro atoms. The minimum Gasteiger partial charge on any atom is -0.341 e. The van der Waals surface area contributed by atoms with Crippen LogP contribution in [-0.2, 0) is 0 Å². The molecule has 1 amide bonds. The van der Waals surface area contributed by atoms with E-state index in [-0.39, 0.29) is 5.91 Å². The highest BCUT2D eigenvalue weighted by Crippen LogP contribution is 2.19. The predicted octanol–water partition coefficient (Wildman–Crippen LogP) is 1.49. The highest BCUT2D eigenvalue weighted by atomic mass is 16.2. The second-order valence-electron chi connectivity index (χ2n) is 5.04. The van der Waals surface area contributed by atoms with E-state index in [0.717, 1.165) is 25.2 Å². The van der Waals surface area contributed by atoms with Crippen LogP contribution in [-0.4, -0.2) is 35.0 Å². The van der Waals surface area contributed by atoms with Gasteiger partial charge in [-0.05, 0) is 44.9 Å². The molecule has 0 aliphatic carbocycles. The zero-order valence-electron chi connectivity index (χ0n) is 10.6. The summed E-state index contributed by atoms with van der Waals surface area (Å²) in [4.78, 5) is 14.3. The van der Waals surface area contributed by atoms with Gasteiger partial charge in [-0.2, -0.15) is 0 Å². The quantitative estimate of drug-likeness (QED) is 0.863. The van der Waals surface area contributed by atoms with Crippen LogP contribution >= 0.6 is 0 Å². The summed E-state index contributed by atoms with van der Waals surface area (Å²) in [6.07, 6.45) is 3.00. The Morgan fingerprint density at radius 3 is 2.94 bits per heavy atom. The number of likely N-dealkylation sites (tertiary alicyclic amines) is 1. The fourth-order valence-corrected chi connectivity index (χ4v) is 2.40. The standard InChI is InChI=1S/C13H21N3O/c1-10(2)16-6-3-4-12(16)13(17)15-7-5-11(8-14)9-15/h3-4,6,10-11H,5,7-9,14H2,1-2H3. The van der Waals surface area contributed by atoms with Gasteiger partial charge in [0.1, 0.15) is 5.69 Å². The summed E-state index contributed by atoms with van der Waals surface area (Å²) in [5, 5.41) is 0. The fraction of sp³-hybridized carbons (Fsp3) is 0.615. The van der Waals surface area contributed by atoms with E-state index in [1.165, 1.54) is 0 Å². The lowest BCUT2D eigenvalue weighted by Crippen LogP contribution is -2.31. The molecule has 1 aliphatic heterocycles. The molecular weight excluding hydrogens is 214 g/mol. The number of carbonyl (C=O) groups is 1. The molecule has 0 aromatic carbocycles. The number of amides is 1. The highest BCUT2D eigenvalue weighted by Gasteiger charge is 2.27. The maximum absolute atomic E-state index is 12.4. The maximum Gasteiger partial charge on any atom is 0.270 e. The zero-order valence-corrected chi connectivity index (χ0v) is 10.6. The molecule has 1 fully saturated rings. The van der Waals surface area contributed by atoms with Gasteiger partial charge in [0, 0.05) is 25.3 Å². The molecule has 1 atom stereocenters. The first-order chi connectivity index (χ1) is 8.13. The lowest BCUT2D eigenvalue weighted by atomic mass is 10.1. The van der Waals surface area contributed by atoms with Crippen LogP contribution < -0.4 is 5.73 Å². The van der Waals surface area contributed by atoms with Gasteiger partial charge in [0.25, 0.3) is 5.91 Å². The number of hydrogen-bond acceptors (Lipinski definition) is 2.